The van der Waals surface area contributed by atoms with Crippen LogP contribution in [0.5, 0.6) is 0 Å². The van der Waals surface area contributed by atoms with Crippen molar-refractivity contribution in [1.82, 2.24) is 25.6 Å². The van der Waals surface area contributed by atoms with Crippen LogP contribution in [0.15, 0.2) is 0 Å². The van der Waals surface area contributed by atoms with Crippen LogP contribution in [-0.2, 0) is 4.74 Å². The van der Waals surface area contributed by atoms with Crippen LogP contribution in [0.3, 0.4) is 0 Å². The SMILES string of the molecule is CCOCCC1(CNC(=O)c2nnn(C3CCNCC3)c2C)CCCC1. The number of ether oxygens (including phenoxy) is 1. The Hall–Kier alpha value is -1.47. The average Bonchev–Trinajstić information content (AvgIpc) is 3.28. The summed E-state index contributed by atoms with van der Waals surface area (Å²) in [6.07, 6.45) is 7.90. The maximum atomic E-state index is 12.7. The second kappa shape index (κ2) is 8.95. The minimum atomic E-state index is -0.0923. The van der Waals surface area contributed by atoms with Crippen LogP contribution < -0.4 is 10.6 Å². The summed E-state index contributed by atoms with van der Waals surface area (Å²) in [6.45, 7) is 8.20. The van der Waals surface area contributed by atoms with Crippen molar-refractivity contribution in [3.63, 3.8) is 0 Å². The summed E-state index contributed by atoms with van der Waals surface area (Å²) in [4.78, 5) is 12.7. The van der Waals surface area contributed by atoms with E-state index in [1.165, 1.54) is 25.7 Å². The van der Waals surface area contributed by atoms with Crippen LogP contribution in [-0.4, -0.2) is 53.7 Å². The minimum absolute atomic E-state index is 0.0923. The molecule has 7 heteroatoms. The second-order valence-electron chi connectivity index (χ2n) is 7.79. The molecule has 146 valence electrons. The fourth-order valence-electron chi connectivity index (χ4n) is 4.37. The number of rotatable bonds is 8. The van der Waals surface area contributed by atoms with Gasteiger partial charge in [-0.3, -0.25) is 4.79 Å². The Labute approximate surface area is 156 Å². The van der Waals surface area contributed by atoms with Gasteiger partial charge in [0.05, 0.1) is 11.7 Å². The highest BCUT2D eigenvalue weighted by Gasteiger charge is 2.34. The van der Waals surface area contributed by atoms with Crippen molar-refractivity contribution < 1.29 is 9.53 Å². The summed E-state index contributed by atoms with van der Waals surface area (Å²) in [7, 11) is 0. The van der Waals surface area contributed by atoms with E-state index in [1.54, 1.807) is 0 Å². The van der Waals surface area contributed by atoms with E-state index in [4.69, 9.17) is 4.74 Å². The first-order valence-electron chi connectivity index (χ1n) is 10.1. The number of hydrogen-bond donors (Lipinski definition) is 2. The van der Waals surface area contributed by atoms with Crippen LogP contribution >= 0.6 is 0 Å². The molecule has 0 atom stereocenters. The van der Waals surface area contributed by atoms with Gasteiger partial charge in [0.2, 0.25) is 0 Å². The molecule has 0 spiro atoms. The topological polar surface area (TPSA) is 81.1 Å². The molecule has 0 aromatic carbocycles. The molecule has 1 aliphatic heterocycles. The minimum Gasteiger partial charge on any atom is -0.382 e. The fourth-order valence-corrected chi connectivity index (χ4v) is 4.37. The van der Waals surface area contributed by atoms with E-state index >= 15 is 0 Å². The summed E-state index contributed by atoms with van der Waals surface area (Å²) < 4.78 is 7.50. The van der Waals surface area contributed by atoms with Crippen LogP contribution in [0.4, 0.5) is 0 Å². The van der Waals surface area contributed by atoms with Gasteiger partial charge in [-0.25, -0.2) is 4.68 Å². The van der Waals surface area contributed by atoms with Gasteiger partial charge in [-0.15, -0.1) is 5.10 Å². The lowest BCUT2D eigenvalue weighted by Crippen LogP contribution is -2.37. The molecule has 3 rings (SSSR count). The molecule has 1 amide bonds. The Balaban J connectivity index is 1.59. The quantitative estimate of drug-likeness (QED) is 0.692. The van der Waals surface area contributed by atoms with E-state index < -0.39 is 0 Å². The number of carbonyl (C=O) groups is 1. The molecule has 26 heavy (non-hydrogen) atoms. The van der Waals surface area contributed by atoms with Gasteiger partial charge in [0.15, 0.2) is 5.69 Å². The van der Waals surface area contributed by atoms with E-state index in [0.717, 1.165) is 51.3 Å². The Morgan fingerprint density at radius 1 is 1.35 bits per heavy atom. The van der Waals surface area contributed by atoms with E-state index in [0.29, 0.717) is 18.3 Å². The Morgan fingerprint density at radius 2 is 2.08 bits per heavy atom. The van der Waals surface area contributed by atoms with Crippen molar-refractivity contribution in [2.75, 3.05) is 32.8 Å². The molecule has 0 unspecified atom stereocenters. The molecule has 1 saturated carbocycles. The van der Waals surface area contributed by atoms with Crippen molar-refractivity contribution in [2.24, 2.45) is 5.41 Å². The summed E-state index contributed by atoms with van der Waals surface area (Å²) >= 11 is 0. The fraction of sp³-hybridized carbons (Fsp3) is 0.842. The summed E-state index contributed by atoms with van der Waals surface area (Å²) in [5.41, 5.74) is 1.54. The van der Waals surface area contributed by atoms with Gasteiger partial charge in [-0.2, -0.15) is 0 Å². The van der Waals surface area contributed by atoms with Gasteiger partial charge in [0.25, 0.3) is 5.91 Å². The number of nitrogens with one attached hydrogen (secondary N) is 2. The number of nitrogens with zero attached hydrogens (tertiary/aromatic N) is 3. The highest BCUT2D eigenvalue weighted by Crippen LogP contribution is 2.40. The summed E-state index contributed by atoms with van der Waals surface area (Å²) in [6, 6.07) is 0.345. The molecule has 1 saturated heterocycles. The number of piperidine rings is 1. The van der Waals surface area contributed by atoms with Gasteiger partial charge in [-0.1, -0.05) is 18.1 Å². The van der Waals surface area contributed by atoms with E-state index in [1.807, 2.05) is 18.5 Å². The highest BCUT2D eigenvalue weighted by molar-refractivity contribution is 5.93. The zero-order chi connectivity index (χ0) is 18.4. The molecule has 2 N–H and O–H groups in total. The Morgan fingerprint density at radius 3 is 2.77 bits per heavy atom. The standard InChI is InChI=1S/C19H33N5O2/c1-3-26-13-10-19(8-4-5-9-19)14-21-18(25)17-15(2)24(23-22-17)16-6-11-20-12-7-16/h16,20H,3-14H2,1-2H3,(H,21,25). The molecule has 7 nitrogen and oxygen atoms in total. The van der Waals surface area contributed by atoms with Gasteiger partial charge in [0.1, 0.15) is 0 Å². The molecule has 2 aliphatic rings. The predicted octanol–water partition coefficient (Wildman–Crippen LogP) is 2.23. The molecule has 1 aromatic rings. The summed E-state index contributed by atoms with van der Waals surface area (Å²) in [5, 5.41) is 15.0. The Bertz CT molecular complexity index is 589. The average molecular weight is 364 g/mol. The van der Waals surface area contributed by atoms with Crippen molar-refractivity contribution >= 4 is 5.91 Å². The van der Waals surface area contributed by atoms with E-state index in [2.05, 4.69) is 20.9 Å². The first-order chi connectivity index (χ1) is 12.7. The maximum absolute atomic E-state index is 12.7. The van der Waals surface area contributed by atoms with Crippen molar-refractivity contribution in [3.8, 4) is 0 Å². The first kappa shape index (κ1) is 19.3. The normalized spacial score (nSPS) is 20.4. The van der Waals surface area contributed by atoms with Crippen LogP contribution in [0.2, 0.25) is 0 Å². The van der Waals surface area contributed by atoms with Crippen molar-refractivity contribution in [1.29, 1.82) is 0 Å². The van der Waals surface area contributed by atoms with Crippen LogP contribution in [0.1, 0.15) is 74.1 Å². The third kappa shape index (κ3) is 4.43. The van der Waals surface area contributed by atoms with Crippen molar-refractivity contribution in [2.45, 2.75) is 64.8 Å². The van der Waals surface area contributed by atoms with Gasteiger partial charge >= 0.3 is 0 Å². The number of hydrogen-bond acceptors (Lipinski definition) is 5. The zero-order valence-electron chi connectivity index (χ0n) is 16.2. The molecule has 2 heterocycles. The first-order valence-corrected chi connectivity index (χ1v) is 10.1. The lowest BCUT2D eigenvalue weighted by molar-refractivity contribution is 0.0858. The number of amides is 1. The van der Waals surface area contributed by atoms with Gasteiger partial charge < -0.3 is 15.4 Å². The zero-order valence-corrected chi connectivity index (χ0v) is 16.2. The van der Waals surface area contributed by atoms with Gasteiger partial charge in [0, 0.05) is 19.8 Å². The second-order valence-corrected chi connectivity index (χ2v) is 7.79. The smallest absolute Gasteiger partial charge is 0.273 e. The monoisotopic (exact) mass is 363 g/mol. The largest absolute Gasteiger partial charge is 0.382 e. The third-order valence-corrected chi connectivity index (χ3v) is 6.07. The lowest BCUT2D eigenvalue weighted by atomic mass is 9.83. The molecule has 1 aromatic heterocycles. The molecule has 0 radical (unpaired) electrons. The van der Waals surface area contributed by atoms with Gasteiger partial charge in [-0.05, 0) is 64.5 Å². The summed E-state index contributed by atoms with van der Waals surface area (Å²) in [5.74, 6) is -0.0923. The number of aromatic nitrogens is 3. The van der Waals surface area contributed by atoms with Crippen molar-refractivity contribution in [3.05, 3.63) is 11.4 Å². The molecule has 0 bridgehead atoms. The van der Waals surface area contributed by atoms with Crippen LogP contribution in [0, 0.1) is 12.3 Å². The Kier molecular flexibility index (Phi) is 6.64. The van der Waals surface area contributed by atoms with Crippen LogP contribution in [0.25, 0.3) is 0 Å². The van der Waals surface area contributed by atoms with E-state index in [-0.39, 0.29) is 11.3 Å². The molecule has 2 fully saturated rings. The molecular formula is C19H33N5O2. The number of carbonyl (C=O) groups excluding carboxylic acids is 1. The lowest BCUT2D eigenvalue weighted by Gasteiger charge is -2.29. The highest BCUT2D eigenvalue weighted by atomic mass is 16.5. The third-order valence-electron chi connectivity index (χ3n) is 6.07. The molecule has 1 aliphatic carbocycles. The predicted molar refractivity (Wildman–Crippen MR) is 100 cm³/mol. The van der Waals surface area contributed by atoms with E-state index in [9.17, 15) is 4.79 Å². The maximum Gasteiger partial charge on any atom is 0.273 e. The molecular weight excluding hydrogens is 330 g/mol.